The van der Waals surface area contributed by atoms with Gasteiger partial charge in [0.2, 0.25) is 5.91 Å². The zero-order chi connectivity index (χ0) is 17.6. The minimum absolute atomic E-state index is 0.105. The van der Waals surface area contributed by atoms with Crippen molar-refractivity contribution < 1.29 is 14.7 Å². The number of hydrogen-bond acceptors (Lipinski definition) is 3. The fraction of sp³-hybridized carbons (Fsp3) is 0.556. The molecular weight excluding hydrogens is 310 g/mol. The molecule has 0 radical (unpaired) electrons. The topological polar surface area (TPSA) is 66.4 Å². The summed E-state index contributed by atoms with van der Waals surface area (Å²) in [4.78, 5) is 23.8. The summed E-state index contributed by atoms with van der Waals surface area (Å²) in [5.74, 6) is 5.05. The Bertz CT molecular complexity index is 589. The Kier molecular flexibility index (Phi) is 7.44. The van der Waals surface area contributed by atoms with Crippen LogP contribution in [0.2, 0.25) is 0 Å². The molecule has 0 bridgehead atoms. The minimum atomic E-state index is -1.00. The molecule has 0 aromatic carbocycles. The minimum Gasteiger partial charge on any atom is -0.477 e. The highest BCUT2D eigenvalue weighted by Gasteiger charge is 2.30. The van der Waals surface area contributed by atoms with Crippen LogP contribution in [-0.4, -0.2) is 22.2 Å². The fourth-order valence-electron chi connectivity index (χ4n) is 1.95. The Hall–Kier alpha value is -1.67. The number of allylic oxidation sites excluding steroid dienone is 3. The number of rotatable bonds is 5. The maximum absolute atomic E-state index is 12.2. The van der Waals surface area contributed by atoms with Crippen molar-refractivity contribution in [1.29, 1.82) is 0 Å². The molecule has 1 aliphatic rings. The van der Waals surface area contributed by atoms with Crippen molar-refractivity contribution in [2.45, 2.75) is 52.7 Å². The van der Waals surface area contributed by atoms with E-state index in [4.69, 9.17) is 0 Å². The number of carboxylic acid groups (broad SMARTS) is 1. The summed E-state index contributed by atoms with van der Waals surface area (Å²) in [7, 11) is 0. The van der Waals surface area contributed by atoms with Crippen molar-refractivity contribution in [3.8, 4) is 11.8 Å². The number of carbonyl (C=O) groups excluding carboxylic acids is 1. The molecule has 0 aromatic heterocycles. The third-order valence-electron chi connectivity index (χ3n) is 3.25. The number of carboxylic acids is 1. The van der Waals surface area contributed by atoms with Crippen LogP contribution in [0.5, 0.6) is 0 Å². The van der Waals surface area contributed by atoms with Crippen LogP contribution < -0.4 is 5.32 Å². The predicted octanol–water partition coefficient (Wildman–Crippen LogP) is 3.56. The van der Waals surface area contributed by atoms with Crippen LogP contribution in [0.4, 0.5) is 0 Å². The summed E-state index contributed by atoms with van der Waals surface area (Å²) in [6, 6.07) is 0. The highest BCUT2D eigenvalue weighted by Crippen LogP contribution is 2.36. The Morgan fingerprint density at radius 2 is 2.04 bits per heavy atom. The Morgan fingerprint density at radius 3 is 2.57 bits per heavy atom. The van der Waals surface area contributed by atoms with Gasteiger partial charge in [-0.05, 0) is 20.3 Å². The molecule has 1 amide bonds. The van der Waals surface area contributed by atoms with Gasteiger partial charge in [0, 0.05) is 24.0 Å². The van der Waals surface area contributed by atoms with Crippen LogP contribution in [0, 0.1) is 23.7 Å². The second kappa shape index (κ2) is 8.83. The van der Waals surface area contributed by atoms with Gasteiger partial charge in [-0.1, -0.05) is 56.0 Å². The summed E-state index contributed by atoms with van der Waals surface area (Å²) in [6.07, 6.45) is 3.12. The third kappa shape index (κ3) is 6.54. The molecule has 0 fully saturated rings. The molecular formula is C18H25NO3S. The number of hydrogen-bond donors (Lipinski definition) is 2. The van der Waals surface area contributed by atoms with Crippen molar-refractivity contribution in [2.75, 3.05) is 0 Å². The van der Waals surface area contributed by atoms with E-state index < -0.39 is 5.97 Å². The van der Waals surface area contributed by atoms with Crippen molar-refractivity contribution in [3.05, 3.63) is 22.3 Å². The number of carbonyl (C=O) groups is 2. The molecule has 1 unspecified atom stereocenters. The van der Waals surface area contributed by atoms with Gasteiger partial charge in [-0.15, -0.1) is 0 Å². The Balaban J connectivity index is 2.77. The molecule has 2 N–H and O–H groups in total. The Morgan fingerprint density at radius 1 is 1.39 bits per heavy atom. The lowest BCUT2D eigenvalue weighted by Crippen LogP contribution is -2.29. The van der Waals surface area contributed by atoms with Gasteiger partial charge in [-0.25, -0.2) is 4.79 Å². The van der Waals surface area contributed by atoms with Gasteiger partial charge >= 0.3 is 5.97 Å². The van der Waals surface area contributed by atoms with Crippen LogP contribution in [0.1, 0.15) is 47.5 Å². The first-order chi connectivity index (χ1) is 10.7. The van der Waals surface area contributed by atoms with Crippen LogP contribution >= 0.6 is 11.8 Å². The predicted molar refractivity (Wildman–Crippen MR) is 94.6 cm³/mol. The molecule has 23 heavy (non-hydrogen) atoms. The number of nitrogens with one attached hydrogen (secondary N) is 1. The largest absolute Gasteiger partial charge is 0.477 e. The molecule has 0 spiro atoms. The van der Waals surface area contributed by atoms with Crippen molar-refractivity contribution in [1.82, 2.24) is 5.32 Å². The zero-order valence-corrected chi connectivity index (χ0v) is 15.2. The van der Waals surface area contributed by atoms with Crippen molar-refractivity contribution in [3.63, 3.8) is 0 Å². The zero-order valence-electron chi connectivity index (χ0n) is 14.4. The lowest BCUT2D eigenvalue weighted by molar-refractivity contribution is -0.131. The van der Waals surface area contributed by atoms with Crippen LogP contribution in [0.25, 0.3) is 0 Å². The van der Waals surface area contributed by atoms with Gasteiger partial charge in [-0.2, -0.15) is 0 Å². The molecule has 2 atom stereocenters. The number of thioether (sulfide) groups is 1. The molecule has 1 rings (SSSR count). The summed E-state index contributed by atoms with van der Waals surface area (Å²) in [6.45, 7) is 9.80. The Labute approximate surface area is 142 Å². The molecule has 0 aliphatic carbocycles. The average Bonchev–Trinajstić information content (AvgIpc) is 2.85. The van der Waals surface area contributed by atoms with E-state index in [-0.39, 0.29) is 27.9 Å². The highest BCUT2D eigenvalue weighted by atomic mass is 32.2. The number of aliphatic carboxylic acids is 1. The summed E-state index contributed by atoms with van der Waals surface area (Å²) >= 11 is 1.22. The van der Waals surface area contributed by atoms with E-state index in [0.717, 1.165) is 5.57 Å². The van der Waals surface area contributed by atoms with Gasteiger partial charge in [0.1, 0.15) is 4.91 Å². The molecule has 126 valence electrons. The molecule has 5 heteroatoms. The van der Waals surface area contributed by atoms with Gasteiger partial charge in [0.25, 0.3) is 0 Å². The maximum atomic E-state index is 12.2. The monoisotopic (exact) mass is 335 g/mol. The van der Waals surface area contributed by atoms with Crippen LogP contribution in [0.3, 0.4) is 0 Å². The van der Waals surface area contributed by atoms with Crippen molar-refractivity contribution >= 4 is 23.6 Å². The van der Waals surface area contributed by atoms with E-state index in [2.05, 4.69) is 17.2 Å². The van der Waals surface area contributed by atoms with E-state index in [1.165, 1.54) is 11.8 Å². The van der Waals surface area contributed by atoms with E-state index in [1.54, 1.807) is 0 Å². The smallest absolute Gasteiger partial charge is 0.344 e. The summed E-state index contributed by atoms with van der Waals surface area (Å²) in [5, 5.41) is 12.0. The molecule has 0 aromatic rings. The second-order valence-electron chi connectivity index (χ2n) is 6.27. The van der Waals surface area contributed by atoms with Gasteiger partial charge in [-0.3, -0.25) is 4.79 Å². The summed E-state index contributed by atoms with van der Waals surface area (Å²) in [5.41, 5.74) is 1.65. The molecule has 0 saturated carbocycles. The highest BCUT2D eigenvalue weighted by molar-refractivity contribution is 8.05. The van der Waals surface area contributed by atoms with Crippen LogP contribution in [-0.2, 0) is 9.59 Å². The quantitative estimate of drug-likeness (QED) is 0.595. The van der Waals surface area contributed by atoms with Gasteiger partial charge in [0.05, 0.1) is 5.25 Å². The first-order valence-corrected chi connectivity index (χ1v) is 8.67. The van der Waals surface area contributed by atoms with E-state index in [1.807, 2.05) is 40.7 Å². The molecule has 1 heterocycles. The lowest BCUT2D eigenvalue weighted by Gasteiger charge is -2.12. The third-order valence-corrected chi connectivity index (χ3v) is 4.48. The maximum Gasteiger partial charge on any atom is 0.344 e. The first kappa shape index (κ1) is 19.4. The molecule has 0 saturated heterocycles. The van der Waals surface area contributed by atoms with Crippen molar-refractivity contribution in [2.24, 2.45) is 11.8 Å². The first-order valence-electron chi connectivity index (χ1n) is 7.79. The van der Waals surface area contributed by atoms with E-state index >= 15 is 0 Å². The standard InChI is InChI=1S/C18H25NO3S/c1-11(2)6-8-13(5)17(20)19-15-10-14(9-7-12(3)4)23-16(15)18(21)22/h6,12-14H,8,10H2,1-5H3,(H,19,20)(H,21,22)/t13-,14?/m1/s1. The fourth-order valence-corrected chi connectivity index (χ4v) is 2.99. The van der Waals surface area contributed by atoms with Crippen LogP contribution in [0.15, 0.2) is 22.3 Å². The molecule has 4 nitrogen and oxygen atoms in total. The summed E-state index contributed by atoms with van der Waals surface area (Å²) < 4.78 is 0. The van der Waals surface area contributed by atoms with E-state index in [9.17, 15) is 14.7 Å². The SMILES string of the molecule is CC(C)=CC[C@@H](C)C(=O)NC1=C(C(=O)O)SC(C#CC(C)C)C1. The van der Waals surface area contributed by atoms with E-state index in [0.29, 0.717) is 18.5 Å². The number of amides is 1. The lowest BCUT2D eigenvalue weighted by atomic mass is 10.0. The average molecular weight is 335 g/mol. The second-order valence-corrected chi connectivity index (χ2v) is 7.49. The normalized spacial score (nSPS) is 18.3. The van der Waals surface area contributed by atoms with Gasteiger partial charge < -0.3 is 10.4 Å². The van der Waals surface area contributed by atoms with Gasteiger partial charge in [0.15, 0.2) is 0 Å². The molecule has 1 aliphatic heterocycles.